The third kappa shape index (κ3) is 10.1. The highest BCUT2D eigenvalue weighted by molar-refractivity contribution is 9.10. The Balaban J connectivity index is 0.000000583. The Labute approximate surface area is 256 Å². The van der Waals surface area contributed by atoms with Crippen LogP contribution in [0.25, 0.3) is 22.3 Å². The minimum absolute atomic E-state index is 1.07. The quantitative estimate of drug-likeness (QED) is 0.174. The molecular weight excluding hydrogens is 562 g/mol. The predicted octanol–water partition coefficient (Wildman–Crippen LogP) is 13.1. The third-order valence-electron chi connectivity index (χ3n) is 5.88. The lowest BCUT2D eigenvalue weighted by Crippen LogP contribution is -2.09. The first kappa shape index (κ1) is 33.1. The summed E-state index contributed by atoms with van der Waals surface area (Å²) >= 11 is 3.56. The number of nitrogens with zero attached hydrogens (tertiary/aromatic N) is 1. The molecule has 0 aliphatic carbocycles. The van der Waals surface area contributed by atoms with Gasteiger partial charge in [-0.05, 0) is 77.7 Å². The molecule has 0 heterocycles. The van der Waals surface area contributed by atoms with E-state index in [-0.39, 0.29) is 0 Å². The zero-order valence-corrected chi connectivity index (χ0v) is 26.6. The average molecular weight is 605 g/mol. The van der Waals surface area contributed by atoms with Crippen LogP contribution in [0.2, 0.25) is 0 Å². The molecule has 0 aliphatic heterocycles. The van der Waals surface area contributed by atoms with Gasteiger partial charge in [-0.2, -0.15) is 0 Å². The van der Waals surface area contributed by atoms with E-state index in [1.165, 1.54) is 22.3 Å². The summed E-state index contributed by atoms with van der Waals surface area (Å²) in [7, 11) is 0. The highest BCUT2D eigenvalue weighted by Gasteiger charge is 2.13. The molecule has 0 amide bonds. The fourth-order valence-corrected chi connectivity index (χ4v) is 4.30. The van der Waals surface area contributed by atoms with Crippen LogP contribution in [0.4, 0.5) is 17.1 Å². The van der Waals surface area contributed by atoms with E-state index >= 15 is 0 Å². The van der Waals surface area contributed by atoms with Crippen molar-refractivity contribution in [2.24, 2.45) is 0 Å². The summed E-state index contributed by atoms with van der Waals surface area (Å²) in [4.78, 5) is 2.29. The van der Waals surface area contributed by atoms with Crippen LogP contribution in [-0.4, -0.2) is 0 Å². The lowest BCUT2D eigenvalue weighted by atomic mass is 10.0. The Morgan fingerprint density at radius 2 is 0.805 bits per heavy atom. The number of benzene rings is 5. The van der Waals surface area contributed by atoms with Crippen LogP contribution in [0.3, 0.4) is 0 Å². The molecule has 0 atom stereocenters. The van der Waals surface area contributed by atoms with Gasteiger partial charge in [0.1, 0.15) is 0 Å². The van der Waals surface area contributed by atoms with Crippen LogP contribution in [0, 0.1) is 0 Å². The third-order valence-corrected chi connectivity index (χ3v) is 6.41. The smallest absolute Gasteiger partial charge is 0.0462 e. The molecule has 210 valence electrons. The summed E-state index contributed by atoms with van der Waals surface area (Å²) < 4.78 is 1.07. The van der Waals surface area contributed by atoms with Crippen LogP contribution in [0.5, 0.6) is 0 Å². The second kappa shape index (κ2) is 19.0. The summed E-state index contributed by atoms with van der Waals surface area (Å²) in [5.41, 5.74) is 8.24. The molecule has 5 aromatic carbocycles. The molecule has 0 saturated carbocycles. The maximum Gasteiger partial charge on any atom is 0.0462 e. The lowest BCUT2D eigenvalue weighted by molar-refractivity contribution is 1.28. The molecular formula is C39H42BrN. The van der Waals surface area contributed by atoms with E-state index in [1.807, 2.05) is 58.9 Å². The molecule has 41 heavy (non-hydrogen) atoms. The van der Waals surface area contributed by atoms with Gasteiger partial charge >= 0.3 is 0 Å². The van der Waals surface area contributed by atoms with Crippen molar-refractivity contribution in [1.82, 2.24) is 0 Å². The molecule has 0 radical (unpaired) electrons. The first-order valence-electron chi connectivity index (χ1n) is 14.3. The van der Waals surface area contributed by atoms with Crippen molar-refractivity contribution in [2.45, 2.75) is 34.6 Å². The standard InChI is InChI=1S/C30H22BrN.C5H8.2C2H6/c31-27-15-21-30(22-16-27)32(28-17-11-25(12-18-28)23-7-3-1-4-8-23)29-19-13-26(14-20-29)24-9-5-2-6-10-24;1-3-5-4-2;2*1-2/h1-22H;3-5H,1H2,2H3;2*1-2H3/b;5-4-;;. The van der Waals surface area contributed by atoms with Gasteiger partial charge in [0.2, 0.25) is 0 Å². The molecule has 2 heteroatoms. The summed E-state index contributed by atoms with van der Waals surface area (Å²) in [6, 6.07) is 46.9. The molecule has 5 rings (SSSR count). The van der Waals surface area contributed by atoms with Gasteiger partial charge in [0.25, 0.3) is 0 Å². The zero-order valence-electron chi connectivity index (χ0n) is 25.0. The molecule has 0 aromatic heterocycles. The fraction of sp³-hybridized carbons (Fsp3) is 0.128. The SMILES string of the molecule is Brc1ccc(N(c2ccc(-c3ccccc3)cc2)c2ccc(-c3ccccc3)cc2)cc1.C=C/C=C\C.CC.CC. The first-order chi connectivity index (χ1) is 20.2. The summed E-state index contributed by atoms with van der Waals surface area (Å²) in [5, 5.41) is 0. The number of allylic oxidation sites excluding steroid dienone is 3. The van der Waals surface area contributed by atoms with Crippen LogP contribution in [0.1, 0.15) is 34.6 Å². The molecule has 1 nitrogen and oxygen atoms in total. The molecule has 5 aromatic rings. The van der Waals surface area contributed by atoms with Crippen molar-refractivity contribution < 1.29 is 0 Å². The molecule has 0 spiro atoms. The minimum atomic E-state index is 1.07. The highest BCUT2D eigenvalue weighted by atomic mass is 79.9. The molecule has 0 aliphatic rings. The minimum Gasteiger partial charge on any atom is -0.311 e. The van der Waals surface area contributed by atoms with Crippen LogP contribution in [-0.2, 0) is 0 Å². The number of rotatable bonds is 6. The van der Waals surface area contributed by atoms with E-state index in [0.717, 1.165) is 21.5 Å². The van der Waals surface area contributed by atoms with Crippen LogP contribution >= 0.6 is 15.9 Å². The molecule has 0 bridgehead atoms. The van der Waals surface area contributed by atoms with Gasteiger partial charge in [-0.15, -0.1) is 0 Å². The molecule has 0 saturated heterocycles. The van der Waals surface area contributed by atoms with Crippen molar-refractivity contribution in [3.8, 4) is 22.3 Å². The Bertz CT molecular complexity index is 1320. The Morgan fingerprint density at radius 1 is 0.488 bits per heavy atom. The second-order valence-corrected chi connectivity index (χ2v) is 9.31. The fourth-order valence-electron chi connectivity index (χ4n) is 4.04. The maximum absolute atomic E-state index is 3.56. The Kier molecular flexibility index (Phi) is 15.3. The summed E-state index contributed by atoms with van der Waals surface area (Å²) in [6.07, 6.45) is 5.58. The van der Waals surface area contributed by atoms with Gasteiger partial charge in [-0.1, -0.05) is 153 Å². The summed E-state index contributed by atoms with van der Waals surface area (Å²) in [5.74, 6) is 0. The number of hydrogen-bond acceptors (Lipinski definition) is 1. The van der Waals surface area contributed by atoms with E-state index in [1.54, 1.807) is 6.08 Å². The normalized spacial score (nSPS) is 9.71. The van der Waals surface area contributed by atoms with Crippen molar-refractivity contribution in [3.05, 3.63) is 163 Å². The number of halogens is 1. The van der Waals surface area contributed by atoms with Gasteiger partial charge in [-0.3, -0.25) is 0 Å². The average Bonchev–Trinajstić information content (AvgIpc) is 3.06. The van der Waals surface area contributed by atoms with Gasteiger partial charge in [-0.25, -0.2) is 0 Å². The van der Waals surface area contributed by atoms with Gasteiger partial charge in [0, 0.05) is 21.5 Å². The summed E-state index contributed by atoms with van der Waals surface area (Å²) in [6.45, 7) is 13.4. The van der Waals surface area contributed by atoms with E-state index in [9.17, 15) is 0 Å². The largest absolute Gasteiger partial charge is 0.311 e. The van der Waals surface area contributed by atoms with Gasteiger partial charge in [0.15, 0.2) is 0 Å². The van der Waals surface area contributed by atoms with Crippen molar-refractivity contribution >= 4 is 33.0 Å². The van der Waals surface area contributed by atoms with E-state index in [4.69, 9.17) is 0 Å². The lowest BCUT2D eigenvalue weighted by Gasteiger charge is -2.26. The highest BCUT2D eigenvalue weighted by Crippen LogP contribution is 2.37. The molecule has 0 N–H and O–H groups in total. The number of hydrogen-bond donors (Lipinski definition) is 0. The van der Waals surface area contributed by atoms with E-state index in [0.29, 0.717) is 0 Å². The number of anilines is 3. The molecule has 0 unspecified atom stereocenters. The van der Waals surface area contributed by atoms with Crippen molar-refractivity contribution in [1.29, 1.82) is 0 Å². The second-order valence-electron chi connectivity index (χ2n) is 8.40. The first-order valence-corrected chi connectivity index (χ1v) is 15.1. The van der Waals surface area contributed by atoms with Gasteiger partial charge < -0.3 is 4.90 Å². The predicted molar refractivity (Wildman–Crippen MR) is 187 cm³/mol. The zero-order chi connectivity index (χ0) is 29.9. The van der Waals surface area contributed by atoms with E-state index in [2.05, 4.69) is 149 Å². The van der Waals surface area contributed by atoms with Gasteiger partial charge in [0.05, 0.1) is 0 Å². The Hall–Kier alpha value is -4.14. The van der Waals surface area contributed by atoms with Crippen LogP contribution < -0.4 is 4.90 Å². The molecule has 0 fully saturated rings. The van der Waals surface area contributed by atoms with E-state index < -0.39 is 0 Å². The van der Waals surface area contributed by atoms with Crippen LogP contribution in [0.15, 0.2) is 163 Å². The monoisotopic (exact) mass is 603 g/mol. The Morgan fingerprint density at radius 3 is 1.10 bits per heavy atom. The van der Waals surface area contributed by atoms with Crippen molar-refractivity contribution in [3.63, 3.8) is 0 Å². The topological polar surface area (TPSA) is 3.24 Å². The van der Waals surface area contributed by atoms with Crippen molar-refractivity contribution in [2.75, 3.05) is 4.90 Å². The maximum atomic E-state index is 3.56.